The molecule has 3 heterocycles. The summed E-state index contributed by atoms with van der Waals surface area (Å²) >= 11 is 0. The van der Waals surface area contributed by atoms with Crippen LogP contribution in [0, 0.1) is 38.5 Å². The highest BCUT2D eigenvalue weighted by Crippen LogP contribution is 2.45. The zero-order valence-electron chi connectivity index (χ0n) is 36.1. The van der Waals surface area contributed by atoms with Gasteiger partial charge in [-0.3, -0.25) is 9.97 Å². The van der Waals surface area contributed by atoms with Crippen molar-refractivity contribution in [2.45, 2.75) is 157 Å². The number of hydrogen-bond donors (Lipinski definition) is 0. The van der Waals surface area contributed by atoms with Gasteiger partial charge in [0.1, 0.15) is 29.3 Å². The lowest BCUT2D eigenvalue weighted by molar-refractivity contribution is -0.0974. The quantitative estimate of drug-likeness (QED) is 0.0621. The molecule has 2 aromatic heterocycles. The molecule has 4 rings (SSSR count). The van der Waals surface area contributed by atoms with Gasteiger partial charge in [-0.15, -0.1) is 0 Å². The van der Waals surface area contributed by atoms with Crippen molar-refractivity contribution in [1.82, 2.24) is 9.97 Å². The van der Waals surface area contributed by atoms with Crippen LogP contribution in [-0.2, 0) is 20.6 Å². The molecule has 10 nitrogen and oxygen atoms in total. The second-order valence-corrected chi connectivity index (χ2v) is 17.5. The summed E-state index contributed by atoms with van der Waals surface area (Å²) in [6, 6.07) is 6.32. The largest absolute Gasteiger partial charge is 0.514 e. The minimum absolute atomic E-state index is 0.186. The van der Waals surface area contributed by atoms with Gasteiger partial charge in [-0.25, -0.2) is 14.4 Å². The van der Waals surface area contributed by atoms with E-state index in [-0.39, 0.29) is 16.7 Å². The van der Waals surface area contributed by atoms with Crippen LogP contribution in [-0.4, -0.2) is 52.0 Å². The predicted molar refractivity (Wildman–Crippen MR) is 222 cm³/mol. The molecule has 0 fully saturated rings. The van der Waals surface area contributed by atoms with E-state index in [1.165, 1.54) is 63.5 Å². The third-order valence-electron chi connectivity index (χ3n) is 11.6. The fourth-order valence-electron chi connectivity index (χ4n) is 7.57. The van der Waals surface area contributed by atoms with Crippen molar-refractivity contribution in [3.8, 4) is 11.5 Å². The van der Waals surface area contributed by atoms with Gasteiger partial charge in [0, 0.05) is 30.4 Å². The third-order valence-corrected chi connectivity index (χ3v) is 11.6. The molecule has 1 aliphatic rings. The molecule has 0 aliphatic carbocycles. The molecule has 4 unspecified atom stereocenters. The summed E-state index contributed by atoms with van der Waals surface area (Å²) in [4.78, 5) is 47.4. The fraction of sp³-hybridized carbons (Fsp3) is 0.596. The number of fused-ring (bicyclic) bond motifs is 1. The number of benzene rings is 1. The maximum atomic E-state index is 13.3. The van der Waals surface area contributed by atoms with E-state index in [0.29, 0.717) is 11.7 Å². The van der Waals surface area contributed by atoms with Gasteiger partial charge in [0.15, 0.2) is 6.10 Å². The van der Waals surface area contributed by atoms with Gasteiger partial charge in [-0.05, 0) is 126 Å². The zero-order valence-corrected chi connectivity index (χ0v) is 36.1. The second-order valence-electron chi connectivity index (χ2n) is 17.5. The predicted octanol–water partition coefficient (Wildman–Crippen LogP) is 11.3. The van der Waals surface area contributed by atoms with Gasteiger partial charge in [0.2, 0.25) is 0 Å². The van der Waals surface area contributed by atoms with Gasteiger partial charge < -0.3 is 23.7 Å². The first-order valence-electron chi connectivity index (χ1n) is 20.9. The third kappa shape index (κ3) is 13.3. The summed E-state index contributed by atoms with van der Waals surface area (Å²) in [5.41, 5.74) is 2.27. The number of aromatic nitrogens is 2. The number of ether oxygens (including phenoxy) is 5. The average Bonchev–Trinajstić information content (AvgIpc) is 3.17. The number of rotatable bonds is 20. The molecule has 1 aromatic carbocycles. The second kappa shape index (κ2) is 20.8. The van der Waals surface area contributed by atoms with Crippen LogP contribution >= 0.6 is 0 Å². The molecule has 312 valence electrons. The molecule has 57 heavy (non-hydrogen) atoms. The maximum absolute atomic E-state index is 13.3. The van der Waals surface area contributed by atoms with Crippen molar-refractivity contribution in [2.24, 2.45) is 17.8 Å². The van der Waals surface area contributed by atoms with Gasteiger partial charge in [0.05, 0.1) is 11.1 Å². The van der Waals surface area contributed by atoms with Crippen LogP contribution in [0.4, 0.5) is 4.79 Å². The Labute approximate surface area is 340 Å². The van der Waals surface area contributed by atoms with Gasteiger partial charge in [0.25, 0.3) is 0 Å². The summed E-state index contributed by atoms with van der Waals surface area (Å²) in [5.74, 6) is 2.21. The van der Waals surface area contributed by atoms with Crippen LogP contribution in [0.1, 0.15) is 156 Å². The van der Waals surface area contributed by atoms with Crippen LogP contribution in [0.15, 0.2) is 49.1 Å². The van der Waals surface area contributed by atoms with Crippen molar-refractivity contribution in [3.63, 3.8) is 0 Å². The molecule has 0 radical (unpaired) electrons. The monoisotopic (exact) mass is 786 g/mol. The molecule has 4 atom stereocenters. The lowest BCUT2D eigenvalue weighted by atomic mass is 9.83. The van der Waals surface area contributed by atoms with Crippen molar-refractivity contribution in [2.75, 3.05) is 6.61 Å². The lowest BCUT2D eigenvalue weighted by Gasteiger charge is -2.38. The summed E-state index contributed by atoms with van der Waals surface area (Å²) < 4.78 is 29.8. The van der Waals surface area contributed by atoms with E-state index in [0.717, 1.165) is 65.5 Å². The summed E-state index contributed by atoms with van der Waals surface area (Å²) in [7, 11) is 0. The van der Waals surface area contributed by atoms with E-state index in [4.69, 9.17) is 23.7 Å². The normalized spacial score (nSPS) is 16.8. The van der Waals surface area contributed by atoms with E-state index in [2.05, 4.69) is 44.6 Å². The first kappa shape index (κ1) is 45.2. The molecule has 0 saturated heterocycles. The molecule has 0 N–H and O–H groups in total. The van der Waals surface area contributed by atoms with Crippen LogP contribution in [0.2, 0.25) is 0 Å². The molecule has 10 heteroatoms. The average molecular weight is 787 g/mol. The van der Waals surface area contributed by atoms with E-state index < -0.39 is 36.4 Å². The molecule has 3 aromatic rings. The van der Waals surface area contributed by atoms with Crippen molar-refractivity contribution < 1.29 is 38.1 Å². The minimum Gasteiger partial charge on any atom is -0.487 e. The Bertz CT molecular complexity index is 1780. The highest BCUT2D eigenvalue weighted by molar-refractivity contribution is 5.90. The Morgan fingerprint density at radius 2 is 1.39 bits per heavy atom. The Morgan fingerprint density at radius 3 is 1.96 bits per heavy atom. The molecular weight excluding hydrogens is 721 g/mol. The standard InChI is InChI=1S/C47H66N2O8/c1-31(2)16-11-17-32(3)18-12-19-33(4)20-13-24-47(10)25-23-39-36(7)41(34(5)35(6)42(39)56-47)55-45(52)53-30-40(54-43(50)37-21-14-26-48-28-37)46(8,9)57-44(51)38-22-15-27-49-29-38/h14-15,21-22,26-29,31-33,40H,11-13,16-20,23-25,30H2,1-10H3. The highest BCUT2D eigenvalue weighted by Gasteiger charge is 2.39. The summed E-state index contributed by atoms with van der Waals surface area (Å²) in [6.45, 7) is 20.2. The fourth-order valence-corrected chi connectivity index (χ4v) is 7.57. The molecule has 0 spiro atoms. The van der Waals surface area contributed by atoms with Crippen LogP contribution in [0.3, 0.4) is 0 Å². The van der Waals surface area contributed by atoms with E-state index in [9.17, 15) is 14.4 Å². The van der Waals surface area contributed by atoms with Crippen LogP contribution in [0.25, 0.3) is 0 Å². The summed E-state index contributed by atoms with van der Waals surface area (Å²) in [5, 5.41) is 0. The van der Waals surface area contributed by atoms with Crippen molar-refractivity contribution in [3.05, 3.63) is 82.4 Å². The van der Waals surface area contributed by atoms with E-state index >= 15 is 0 Å². The van der Waals surface area contributed by atoms with Crippen LogP contribution < -0.4 is 9.47 Å². The number of hydrogen-bond acceptors (Lipinski definition) is 10. The molecule has 0 bridgehead atoms. The molecule has 0 saturated carbocycles. The number of carbonyl (C=O) groups is 3. The molecular formula is C47H66N2O8. The number of nitrogens with zero attached hydrogens (tertiary/aromatic N) is 2. The SMILES string of the molecule is Cc1c(C)c2c(c(C)c1OC(=O)OCC(OC(=O)c1cccnc1)C(C)(C)OC(=O)c1cccnc1)CCC(C)(CCCC(C)CCCC(C)CCCC(C)C)O2. The molecule has 1 aliphatic heterocycles. The molecule has 0 amide bonds. The topological polar surface area (TPSA) is 123 Å². The smallest absolute Gasteiger partial charge is 0.487 e. The highest BCUT2D eigenvalue weighted by atomic mass is 16.7. The number of carbonyl (C=O) groups excluding carboxylic acids is 3. The Balaban J connectivity index is 1.36. The lowest BCUT2D eigenvalue weighted by Crippen LogP contribution is -2.47. The minimum atomic E-state index is -1.42. The van der Waals surface area contributed by atoms with Gasteiger partial charge in [-0.1, -0.05) is 72.6 Å². The Morgan fingerprint density at radius 1 is 0.807 bits per heavy atom. The first-order chi connectivity index (χ1) is 27.0. The summed E-state index contributed by atoms with van der Waals surface area (Å²) in [6.07, 6.45) is 16.6. The van der Waals surface area contributed by atoms with Crippen molar-refractivity contribution in [1.29, 1.82) is 0 Å². The Kier molecular flexibility index (Phi) is 16.5. The van der Waals surface area contributed by atoms with Gasteiger partial charge in [-0.2, -0.15) is 0 Å². The Hall–Kier alpha value is -4.47. The van der Waals surface area contributed by atoms with E-state index in [1.807, 2.05) is 20.8 Å². The van der Waals surface area contributed by atoms with Crippen molar-refractivity contribution >= 4 is 18.1 Å². The first-order valence-corrected chi connectivity index (χ1v) is 20.9. The number of esters is 2. The van der Waals surface area contributed by atoms with Crippen LogP contribution in [0.5, 0.6) is 11.5 Å². The van der Waals surface area contributed by atoms with E-state index in [1.54, 1.807) is 44.3 Å². The number of pyridine rings is 2. The zero-order chi connectivity index (χ0) is 41.8. The van der Waals surface area contributed by atoms with Gasteiger partial charge >= 0.3 is 18.1 Å². The maximum Gasteiger partial charge on any atom is 0.514 e.